The van der Waals surface area contributed by atoms with Gasteiger partial charge in [0.05, 0.1) is 32.6 Å². The number of anilines is 2. The summed E-state index contributed by atoms with van der Waals surface area (Å²) in [6.07, 6.45) is 0.346. The Labute approximate surface area is 158 Å². The third-order valence-electron chi connectivity index (χ3n) is 4.08. The van der Waals surface area contributed by atoms with Crippen molar-refractivity contribution in [3.8, 4) is 0 Å². The van der Waals surface area contributed by atoms with Gasteiger partial charge in [0.15, 0.2) is 6.10 Å². The molecule has 1 heterocycles. The number of hydrogen-bond donors (Lipinski definition) is 1. The molecule has 0 spiro atoms. The van der Waals surface area contributed by atoms with Crippen LogP contribution in [0.3, 0.4) is 0 Å². The fourth-order valence-electron chi connectivity index (χ4n) is 2.81. The van der Waals surface area contributed by atoms with E-state index in [1.54, 1.807) is 42.5 Å². The van der Waals surface area contributed by atoms with E-state index in [9.17, 15) is 18.6 Å². The molecule has 0 aliphatic carbocycles. The van der Waals surface area contributed by atoms with Gasteiger partial charge in [0.25, 0.3) is 5.91 Å². The monoisotopic (exact) mass is 386 g/mol. The first-order valence-electron chi connectivity index (χ1n) is 8.22. The number of fused-ring (bicyclic) bond motifs is 1. The largest absolute Gasteiger partial charge is 0.449 e. The second-order valence-corrected chi connectivity index (χ2v) is 7.34. The van der Waals surface area contributed by atoms with E-state index < -0.39 is 28.8 Å². The molecule has 7 nitrogen and oxygen atoms in total. The summed E-state index contributed by atoms with van der Waals surface area (Å²) in [5.41, 5.74) is 1.21. The molecule has 140 valence electrons. The van der Waals surface area contributed by atoms with E-state index in [2.05, 4.69) is 5.32 Å². The van der Waals surface area contributed by atoms with Crippen molar-refractivity contribution < 1.29 is 23.3 Å². The van der Waals surface area contributed by atoms with Crippen LogP contribution in [0.2, 0.25) is 0 Å². The molecule has 0 unspecified atom stereocenters. The summed E-state index contributed by atoms with van der Waals surface area (Å²) in [5, 5.41) is 2.70. The van der Waals surface area contributed by atoms with Gasteiger partial charge in [0, 0.05) is 6.26 Å². The summed E-state index contributed by atoms with van der Waals surface area (Å²) in [6, 6.07) is 13.3. The number of carbonyl (C=O) groups excluding carboxylic acids is 3. The number of benzene rings is 2. The molecule has 0 aromatic heterocycles. The van der Waals surface area contributed by atoms with Crippen molar-refractivity contribution >= 4 is 40.0 Å². The SMILES string of the molecule is C[C@@H](OC(=O)c1ccccc1[S@](C)=O)C(=O)N1CC(=O)Nc2ccccc21. The third kappa shape index (κ3) is 3.90. The van der Waals surface area contributed by atoms with Crippen molar-refractivity contribution in [3.05, 3.63) is 54.1 Å². The zero-order valence-electron chi connectivity index (χ0n) is 14.8. The highest BCUT2D eigenvalue weighted by molar-refractivity contribution is 7.84. The van der Waals surface area contributed by atoms with Gasteiger partial charge < -0.3 is 10.1 Å². The molecule has 2 aromatic rings. The topological polar surface area (TPSA) is 92.8 Å². The molecule has 2 amide bonds. The Morgan fingerprint density at radius 1 is 1.15 bits per heavy atom. The summed E-state index contributed by atoms with van der Waals surface area (Å²) in [6.45, 7) is 1.29. The zero-order chi connectivity index (χ0) is 19.6. The number of hydrogen-bond acceptors (Lipinski definition) is 5. The van der Waals surface area contributed by atoms with Crippen LogP contribution in [0.25, 0.3) is 0 Å². The lowest BCUT2D eigenvalue weighted by Gasteiger charge is -2.30. The maximum atomic E-state index is 12.8. The lowest BCUT2D eigenvalue weighted by molar-refractivity contribution is -0.128. The van der Waals surface area contributed by atoms with Gasteiger partial charge in [-0.1, -0.05) is 24.3 Å². The molecule has 2 aromatic carbocycles. The smallest absolute Gasteiger partial charge is 0.340 e. The molecule has 27 heavy (non-hydrogen) atoms. The van der Waals surface area contributed by atoms with Crippen LogP contribution in [0.5, 0.6) is 0 Å². The normalized spacial score (nSPS) is 15.3. The molecule has 0 saturated heterocycles. The highest BCUT2D eigenvalue weighted by Crippen LogP contribution is 2.29. The number of carbonyl (C=O) groups is 3. The molecule has 2 atom stereocenters. The predicted octanol–water partition coefficient (Wildman–Crippen LogP) is 1.95. The van der Waals surface area contributed by atoms with Gasteiger partial charge in [-0.3, -0.25) is 18.7 Å². The number of amides is 2. The van der Waals surface area contributed by atoms with Crippen LogP contribution in [-0.2, 0) is 25.1 Å². The Balaban J connectivity index is 1.80. The second-order valence-electron chi connectivity index (χ2n) is 5.99. The molecular weight excluding hydrogens is 368 g/mol. The summed E-state index contributed by atoms with van der Waals surface area (Å²) < 4.78 is 17.1. The standard InChI is InChI=1S/C19H18N2O5S/c1-12(26-19(24)13-7-3-6-10-16(13)27(2)25)18(23)21-11-17(22)20-14-8-4-5-9-15(14)21/h3-10,12H,11H2,1-2H3,(H,20,22)/t12-,27+/m1/s1. The average Bonchev–Trinajstić information content (AvgIpc) is 2.66. The predicted molar refractivity (Wildman–Crippen MR) is 101 cm³/mol. The maximum absolute atomic E-state index is 12.8. The molecule has 0 fully saturated rings. The molecule has 8 heteroatoms. The number of esters is 1. The van der Waals surface area contributed by atoms with Gasteiger partial charge in [0.2, 0.25) is 5.91 Å². The first-order chi connectivity index (χ1) is 12.9. The Morgan fingerprint density at radius 3 is 2.56 bits per heavy atom. The fraction of sp³-hybridized carbons (Fsp3) is 0.211. The van der Waals surface area contributed by atoms with E-state index in [1.165, 1.54) is 24.1 Å². The average molecular weight is 386 g/mol. The van der Waals surface area contributed by atoms with E-state index in [1.807, 2.05) is 0 Å². The Hall–Kier alpha value is -3.00. The quantitative estimate of drug-likeness (QED) is 0.811. The minimum absolute atomic E-state index is 0.148. The lowest BCUT2D eigenvalue weighted by Crippen LogP contribution is -2.47. The molecule has 1 aliphatic heterocycles. The van der Waals surface area contributed by atoms with Crippen LogP contribution < -0.4 is 10.2 Å². The van der Waals surface area contributed by atoms with Crippen molar-refractivity contribution in [1.29, 1.82) is 0 Å². The van der Waals surface area contributed by atoms with Crippen LogP contribution in [0.1, 0.15) is 17.3 Å². The second kappa shape index (κ2) is 7.71. The molecular formula is C19H18N2O5S. The van der Waals surface area contributed by atoms with Crippen LogP contribution in [0, 0.1) is 0 Å². The first-order valence-corrected chi connectivity index (χ1v) is 9.78. The van der Waals surface area contributed by atoms with E-state index in [0.29, 0.717) is 16.3 Å². The van der Waals surface area contributed by atoms with Crippen molar-refractivity contribution in [2.45, 2.75) is 17.9 Å². The van der Waals surface area contributed by atoms with Crippen molar-refractivity contribution in [1.82, 2.24) is 0 Å². The summed E-state index contributed by atoms with van der Waals surface area (Å²) in [4.78, 5) is 38.8. The molecule has 3 rings (SSSR count). The summed E-state index contributed by atoms with van der Waals surface area (Å²) in [5.74, 6) is -1.58. The van der Waals surface area contributed by atoms with Gasteiger partial charge in [-0.25, -0.2) is 4.79 Å². The highest BCUT2D eigenvalue weighted by atomic mass is 32.2. The van der Waals surface area contributed by atoms with Gasteiger partial charge >= 0.3 is 5.97 Å². The van der Waals surface area contributed by atoms with E-state index in [0.717, 1.165) is 0 Å². The fourth-order valence-corrected chi connectivity index (χ4v) is 3.54. The van der Waals surface area contributed by atoms with E-state index >= 15 is 0 Å². The molecule has 0 saturated carbocycles. The summed E-state index contributed by atoms with van der Waals surface area (Å²) >= 11 is 0. The molecule has 0 radical (unpaired) electrons. The van der Waals surface area contributed by atoms with Crippen LogP contribution >= 0.6 is 0 Å². The van der Waals surface area contributed by atoms with Crippen molar-refractivity contribution in [2.24, 2.45) is 0 Å². The van der Waals surface area contributed by atoms with Crippen molar-refractivity contribution in [3.63, 3.8) is 0 Å². The maximum Gasteiger partial charge on any atom is 0.340 e. The van der Waals surface area contributed by atoms with Crippen molar-refractivity contribution in [2.75, 3.05) is 23.0 Å². The van der Waals surface area contributed by atoms with Gasteiger partial charge in [-0.05, 0) is 31.2 Å². The van der Waals surface area contributed by atoms with Gasteiger partial charge in [-0.15, -0.1) is 0 Å². The summed E-state index contributed by atoms with van der Waals surface area (Å²) in [7, 11) is -1.37. The molecule has 0 bridgehead atoms. The first kappa shape index (κ1) is 18.8. The number of rotatable bonds is 4. The van der Waals surface area contributed by atoms with E-state index in [-0.39, 0.29) is 18.0 Å². The third-order valence-corrected chi connectivity index (χ3v) is 5.06. The Kier molecular flexibility index (Phi) is 5.36. The molecule has 1 N–H and O–H groups in total. The minimum atomic E-state index is -1.37. The Morgan fingerprint density at radius 2 is 1.81 bits per heavy atom. The number of nitrogens with one attached hydrogen (secondary N) is 1. The highest BCUT2D eigenvalue weighted by Gasteiger charge is 2.31. The lowest BCUT2D eigenvalue weighted by atomic mass is 10.1. The molecule has 1 aliphatic rings. The van der Waals surface area contributed by atoms with Crippen LogP contribution in [0.4, 0.5) is 11.4 Å². The van der Waals surface area contributed by atoms with Crippen LogP contribution in [0.15, 0.2) is 53.4 Å². The number of para-hydroxylation sites is 2. The number of nitrogens with zero attached hydrogens (tertiary/aromatic N) is 1. The Bertz CT molecular complexity index is 943. The number of ether oxygens (including phenoxy) is 1. The van der Waals surface area contributed by atoms with E-state index in [4.69, 9.17) is 4.74 Å². The van der Waals surface area contributed by atoms with Gasteiger partial charge in [0.1, 0.15) is 6.54 Å². The minimum Gasteiger partial charge on any atom is -0.449 e. The van der Waals surface area contributed by atoms with Crippen LogP contribution in [-0.4, -0.2) is 40.9 Å². The van der Waals surface area contributed by atoms with Gasteiger partial charge in [-0.2, -0.15) is 0 Å². The zero-order valence-corrected chi connectivity index (χ0v) is 15.6.